The van der Waals surface area contributed by atoms with Crippen molar-refractivity contribution in [2.75, 3.05) is 7.11 Å². The van der Waals surface area contributed by atoms with Crippen LogP contribution in [0.25, 0.3) is 0 Å². The van der Waals surface area contributed by atoms with Crippen LogP contribution in [0.5, 0.6) is 0 Å². The number of urea groups is 1. The highest BCUT2D eigenvalue weighted by atomic mass is 16.5. The number of hydrogen-bond donors (Lipinski definition) is 2. The van der Waals surface area contributed by atoms with Crippen LogP contribution in [0.3, 0.4) is 0 Å². The summed E-state index contributed by atoms with van der Waals surface area (Å²) < 4.78 is 4.72. The number of ether oxygens (including phenoxy) is 1. The Hall–Kier alpha value is -1.26. The second kappa shape index (κ2) is 8.02. The maximum atomic E-state index is 11.9. The summed E-state index contributed by atoms with van der Waals surface area (Å²) in [4.78, 5) is 23.5. The van der Waals surface area contributed by atoms with Crippen LogP contribution in [0.15, 0.2) is 0 Å². The molecule has 0 bridgehead atoms. The fourth-order valence-electron chi connectivity index (χ4n) is 2.46. The van der Waals surface area contributed by atoms with Gasteiger partial charge in [0.25, 0.3) is 0 Å². The first-order valence-electron chi connectivity index (χ1n) is 7.17. The summed E-state index contributed by atoms with van der Waals surface area (Å²) in [5.41, 5.74) is 0. The molecule has 5 nitrogen and oxygen atoms in total. The molecule has 5 heteroatoms. The lowest BCUT2D eigenvalue weighted by Crippen LogP contribution is -2.50. The van der Waals surface area contributed by atoms with Gasteiger partial charge < -0.3 is 15.4 Å². The highest BCUT2D eigenvalue weighted by Gasteiger charge is 2.24. The summed E-state index contributed by atoms with van der Waals surface area (Å²) in [6, 6.07) is -0.581. The van der Waals surface area contributed by atoms with Gasteiger partial charge in [-0.1, -0.05) is 33.1 Å². The van der Waals surface area contributed by atoms with E-state index in [-0.39, 0.29) is 18.0 Å². The Labute approximate surface area is 115 Å². The standard InChI is InChI=1S/C14H26N2O3/c1-10(2)9-12(13(17)19-3)16-14(18)15-11-7-5-4-6-8-11/h10-12H,4-9H2,1-3H3,(H2,15,16,18). The van der Waals surface area contributed by atoms with Gasteiger partial charge in [0.15, 0.2) is 0 Å². The Morgan fingerprint density at radius 2 is 1.84 bits per heavy atom. The normalized spacial score (nSPS) is 17.9. The van der Waals surface area contributed by atoms with Crippen LogP contribution in [0.4, 0.5) is 4.79 Å². The quantitative estimate of drug-likeness (QED) is 0.753. The zero-order chi connectivity index (χ0) is 14.3. The first-order chi connectivity index (χ1) is 9.02. The van der Waals surface area contributed by atoms with Gasteiger partial charge in [0.1, 0.15) is 6.04 Å². The lowest BCUT2D eigenvalue weighted by molar-refractivity contribution is -0.143. The maximum Gasteiger partial charge on any atom is 0.328 e. The van der Waals surface area contributed by atoms with E-state index < -0.39 is 6.04 Å². The molecule has 2 amide bonds. The van der Waals surface area contributed by atoms with Gasteiger partial charge in [-0.3, -0.25) is 0 Å². The number of esters is 1. The Morgan fingerprint density at radius 1 is 1.21 bits per heavy atom. The van der Waals surface area contributed by atoms with Crippen molar-refractivity contribution >= 4 is 12.0 Å². The van der Waals surface area contributed by atoms with Crippen LogP contribution < -0.4 is 10.6 Å². The molecule has 1 atom stereocenters. The van der Waals surface area contributed by atoms with Crippen molar-refractivity contribution in [1.29, 1.82) is 0 Å². The number of hydrogen-bond acceptors (Lipinski definition) is 3. The molecule has 0 radical (unpaired) electrons. The molecule has 1 saturated carbocycles. The van der Waals surface area contributed by atoms with Crippen LogP contribution in [0, 0.1) is 5.92 Å². The highest BCUT2D eigenvalue weighted by Crippen LogP contribution is 2.17. The summed E-state index contributed by atoms with van der Waals surface area (Å²) in [6.45, 7) is 4.02. The Balaban J connectivity index is 2.43. The number of rotatable bonds is 5. The average molecular weight is 270 g/mol. The van der Waals surface area contributed by atoms with Crippen molar-refractivity contribution in [2.45, 2.75) is 64.5 Å². The van der Waals surface area contributed by atoms with E-state index in [2.05, 4.69) is 10.6 Å². The zero-order valence-electron chi connectivity index (χ0n) is 12.2. The third kappa shape index (κ3) is 5.94. The minimum absolute atomic E-state index is 0.242. The molecule has 0 saturated heterocycles. The average Bonchev–Trinajstić information content (AvgIpc) is 2.37. The number of nitrogens with one attached hydrogen (secondary N) is 2. The van der Waals surface area contributed by atoms with Crippen molar-refractivity contribution in [2.24, 2.45) is 5.92 Å². The van der Waals surface area contributed by atoms with E-state index >= 15 is 0 Å². The lowest BCUT2D eigenvalue weighted by Gasteiger charge is -2.25. The van der Waals surface area contributed by atoms with Gasteiger partial charge in [-0.05, 0) is 25.2 Å². The molecule has 0 aliphatic heterocycles. The molecule has 1 aliphatic carbocycles. The third-order valence-electron chi connectivity index (χ3n) is 3.44. The first kappa shape index (κ1) is 15.8. The summed E-state index contributed by atoms with van der Waals surface area (Å²) in [5, 5.41) is 5.67. The van der Waals surface area contributed by atoms with Gasteiger partial charge in [0, 0.05) is 6.04 Å². The Kier molecular flexibility index (Phi) is 6.67. The van der Waals surface area contributed by atoms with Crippen LogP contribution in [-0.2, 0) is 9.53 Å². The van der Waals surface area contributed by atoms with Crippen LogP contribution in [-0.4, -0.2) is 31.2 Å². The molecular formula is C14H26N2O3. The topological polar surface area (TPSA) is 67.4 Å². The van der Waals surface area contributed by atoms with Gasteiger partial charge in [0.2, 0.25) is 0 Å². The van der Waals surface area contributed by atoms with Crippen molar-refractivity contribution in [3.05, 3.63) is 0 Å². The predicted molar refractivity (Wildman–Crippen MR) is 73.8 cm³/mol. The molecule has 110 valence electrons. The van der Waals surface area contributed by atoms with Gasteiger partial charge in [-0.25, -0.2) is 9.59 Å². The molecule has 2 N–H and O–H groups in total. The lowest BCUT2D eigenvalue weighted by atomic mass is 9.96. The number of carbonyl (C=O) groups is 2. The van der Waals surface area contributed by atoms with E-state index in [1.807, 2.05) is 13.8 Å². The van der Waals surface area contributed by atoms with E-state index in [1.165, 1.54) is 13.5 Å². The van der Waals surface area contributed by atoms with Crippen LogP contribution in [0.2, 0.25) is 0 Å². The van der Waals surface area contributed by atoms with E-state index in [0.29, 0.717) is 12.3 Å². The minimum Gasteiger partial charge on any atom is -0.467 e. The van der Waals surface area contributed by atoms with Crippen LogP contribution in [0.1, 0.15) is 52.4 Å². The molecule has 1 aliphatic rings. The van der Waals surface area contributed by atoms with Gasteiger partial charge in [0.05, 0.1) is 7.11 Å². The number of methoxy groups -OCH3 is 1. The largest absolute Gasteiger partial charge is 0.467 e. The second-order valence-corrected chi connectivity index (χ2v) is 5.66. The monoisotopic (exact) mass is 270 g/mol. The molecule has 0 heterocycles. The molecule has 0 aromatic heterocycles. The smallest absolute Gasteiger partial charge is 0.328 e. The van der Waals surface area contributed by atoms with Crippen molar-refractivity contribution in [3.8, 4) is 0 Å². The Morgan fingerprint density at radius 3 is 2.37 bits per heavy atom. The van der Waals surface area contributed by atoms with E-state index in [1.54, 1.807) is 0 Å². The van der Waals surface area contributed by atoms with E-state index in [9.17, 15) is 9.59 Å². The number of amides is 2. The highest BCUT2D eigenvalue weighted by molar-refractivity contribution is 5.83. The van der Waals surface area contributed by atoms with Crippen molar-refractivity contribution in [1.82, 2.24) is 10.6 Å². The molecule has 1 rings (SSSR count). The molecule has 0 aromatic carbocycles. The summed E-state index contributed by atoms with van der Waals surface area (Å²) >= 11 is 0. The molecule has 0 spiro atoms. The van der Waals surface area contributed by atoms with E-state index in [4.69, 9.17) is 4.74 Å². The van der Waals surface area contributed by atoms with Gasteiger partial charge in [-0.2, -0.15) is 0 Å². The summed E-state index contributed by atoms with van der Waals surface area (Å²) in [5.74, 6) is -0.0634. The molecular weight excluding hydrogens is 244 g/mol. The van der Waals surface area contributed by atoms with E-state index in [0.717, 1.165) is 25.7 Å². The summed E-state index contributed by atoms with van der Waals surface area (Å²) in [7, 11) is 1.34. The fraction of sp³-hybridized carbons (Fsp3) is 0.857. The van der Waals surface area contributed by atoms with Crippen molar-refractivity contribution in [3.63, 3.8) is 0 Å². The summed E-state index contributed by atoms with van der Waals surface area (Å²) in [6.07, 6.45) is 6.22. The predicted octanol–water partition coefficient (Wildman–Crippen LogP) is 2.21. The minimum atomic E-state index is -0.561. The molecule has 19 heavy (non-hydrogen) atoms. The Bertz CT molecular complexity index is 299. The fourth-order valence-corrected chi connectivity index (χ4v) is 2.46. The molecule has 1 fully saturated rings. The molecule has 1 unspecified atom stereocenters. The van der Waals surface area contributed by atoms with Crippen molar-refractivity contribution < 1.29 is 14.3 Å². The maximum absolute atomic E-state index is 11.9. The van der Waals surface area contributed by atoms with Gasteiger partial charge in [-0.15, -0.1) is 0 Å². The molecule has 0 aromatic rings. The third-order valence-corrected chi connectivity index (χ3v) is 3.44. The second-order valence-electron chi connectivity index (χ2n) is 5.66. The van der Waals surface area contributed by atoms with Crippen LogP contribution >= 0.6 is 0 Å². The zero-order valence-corrected chi connectivity index (χ0v) is 12.2. The first-order valence-corrected chi connectivity index (χ1v) is 7.17. The number of carbonyl (C=O) groups excluding carboxylic acids is 2. The van der Waals surface area contributed by atoms with Gasteiger partial charge >= 0.3 is 12.0 Å². The SMILES string of the molecule is COC(=O)C(CC(C)C)NC(=O)NC1CCCCC1.